The summed E-state index contributed by atoms with van der Waals surface area (Å²) in [4.78, 5) is 11.1. The van der Waals surface area contributed by atoms with Gasteiger partial charge in [0.1, 0.15) is 6.10 Å². The van der Waals surface area contributed by atoms with Crippen LogP contribution in [0.15, 0.2) is 36.4 Å². The van der Waals surface area contributed by atoms with Gasteiger partial charge in [-0.25, -0.2) is 4.79 Å². The molecule has 0 fully saturated rings. The molecule has 0 amide bonds. The highest BCUT2D eigenvalue weighted by Gasteiger charge is 2.18. The third-order valence-corrected chi connectivity index (χ3v) is 2.11. The van der Waals surface area contributed by atoms with Crippen LogP contribution in [0.3, 0.4) is 0 Å². The van der Waals surface area contributed by atoms with Crippen molar-refractivity contribution in [3.05, 3.63) is 47.5 Å². The minimum atomic E-state index is -1.15. The van der Waals surface area contributed by atoms with E-state index >= 15 is 0 Å². The minimum Gasteiger partial charge on any atom is -0.466 e. The van der Waals surface area contributed by atoms with Gasteiger partial charge in [0.05, 0.1) is 24.3 Å². The normalized spacial score (nSPS) is 11.3. The number of carbonyl (C=O) groups is 1. The molecule has 0 spiro atoms. The largest absolute Gasteiger partial charge is 0.466 e. The summed E-state index contributed by atoms with van der Waals surface area (Å²) in [5.74, 6) is -0.671. The second kappa shape index (κ2) is 5.10. The first-order valence-corrected chi connectivity index (χ1v) is 4.55. The van der Waals surface area contributed by atoms with Gasteiger partial charge in [-0.2, -0.15) is 5.26 Å². The summed E-state index contributed by atoms with van der Waals surface area (Å²) in [6.07, 6.45) is -1.15. The Morgan fingerprint density at radius 3 is 2.88 bits per heavy atom. The van der Waals surface area contributed by atoms with E-state index in [1.807, 2.05) is 6.07 Å². The lowest BCUT2D eigenvalue weighted by molar-refractivity contribution is -0.137. The molecular weight excluding hydrogens is 206 g/mol. The van der Waals surface area contributed by atoms with Gasteiger partial charge in [0.25, 0.3) is 0 Å². The second-order valence-electron chi connectivity index (χ2n) is 3.16. The molecule has 0 bridgehead atoms. The average Bonchev–Trinajstić information content (AvgIpc) is 2.36. The SMILES string of the molecule is C=C(C(=O)OC)[C@H](O)c1cccc(C#N)c1. The Morgan fingerprint density at radius 1 is 1.62 bits per heavy atom. The van der Waals surface area contributed by atoms with Crippen molar-refractivity contribution in [2.75, 3.05) is 7.11 Å². The van der Waals surface area contributed by atoms with E-state index in [-0.39, 0.29) is 5.57 Å². The van der Waals surface area contributed by atoms with Crippen LogP contribution in [0.5, 0.6) is 0 Å². The number of hydrogen-bond acceptors (Lipinski definition) is 4. The van der Waals surface area contributed by atoms with Crippen LogP contribution < -0.4 is 0 Å². The predicted octanol–water partition coefficient (Wildman–Crippen LogP) is 1.32. The standard InChI is InChI=1S/C12H11NO3/c1-8(12(15)16-2)11(14)10-5-3-4-9(6-10)7-13/h3-6,11,14H,1H2,2H3/t11-/m0/s1. The van der Waals surface area contributed by atoms with Gasteiger partial charge in [-0.15, -0.1) is 0 Å². The maximum atomic E-state index is 11.1. The van der Waals surface area contributed by atoms with E-state index in [0.29, 0.717) is 11.1 Å². The zero-order chi connectivity index (χ0) is 12.1. The Kier molecular flexibility index (Phi) is 3.81. The van der Waals surface area contributed by atoms with Crippen molar-refractivity contribution in [2.24, 2.45) is 0 Å². The fourth-order valence-electron chi connectivity index (χ4n) is 1.22. The van der Waals surface area contributed by atoms with Crippen LogP contribution in [0.2, 0.25) is 0 Å². The first-order valence-electron chi connectivity index (χ1n) is 4.55. The minimum absolute atomic E-state index is 0.0578. The number of rotatable bonds is 3. The third kappa shape index (κ3) is 2.47. The van der Waals surface area contributed by atoms with Gasteiger partial charge < -0.3 is 9.84 Å². The van der Waals surface area contributed by atoms with Gasteiger partial charge in [-0.3, -0.25) is 0 Å². The molecule has 1 rings (SSSR count). The molecule has 0 heterocycles. The molecule has 1 atom stereocenters. The molecule has 0 aliphatic rings. The van der Waals surface area contributed by atoms with E-state index in [0.717, 1.165) is 0 Å². The molecule has 1 aromatic carbocycles. The molecule has 1 N–H and O–H groups in total. The molecule has 4 heteroatoms. The van der Waals surface area contributed by atoms with Gasteiger partial charge in [-0.05, 0) is 17.7 Å². The van der Waals surface area contributed by atoms with E-state index in [4.69, 9.17) is 5.26 Å². The van der Waals surface area contributed by atoms with Crippen molar-refractivity contribution < 1.29 is 14.6 Å². The number of aliphatic hydroxyl groups excluding tert-OH is 1. The summed E-state index contributed by atoms with van der Waals surface area (Å²) >= 11 is 0. The molecule has 0 radical (unpaired) electrons. The van der Waals surface area contributed by atoms with E-state index in [1.54, 1.807) is 18.2 Å². The molecule has 0 aromatic heterocycles. The first-order chi connectivity index (χ1) is 7.60. The molecule has 0 aliphatic carbocycles. The van der Waals surface area contributed by atoms with Crippen molar-refractivity contribution in [3.8, 4) is 6.07 Å². The highest BCUT2D eigenvalue weighted by Crippen LogP contribution is 2.21. The Labute approximate surface area is 93.4 Å². The Morgan fingerprint density at radius 2 is 2.31 bits per heavy atom. The number of ether oxygens (including phenoxy) is 1. The predicted molar refractivity (Wildman–Crippen MR) is 57.3 cm³/mol. The highest BCUT2D eigenvalue weighted by atomic mass is 16.5. The van der Waals surface area contributed by atoms with Crippen LogP contribution in [0.4, 0.5) is 0 Å². The van der Waals surface area contributed by atoms with Crippen molar-refractivity contribution in [2.45, 2.75) is 6.10 Å². The topological polar surface area (TPSA) is 70.3 Å². The van der Waals surface area contributed by atoms with Crippen molar-refractivity contribution in [3.63, 3.8) is 0 Å². The molecule has 1 aromatic rings. The molecule has 0 saturated heterocycles. The van der Waals surface area contributed by atoms with E-state index in [1.165, 1.54) is 13.2 Å². The van der Waals surface area contributed by atoms with Crippen LogP contribution in [0.25, 0.3) is 0 Å². The van der Waals surface area contributed by atoms with Gasteiger partial charge in [0, 0.05) is 0 Å². The third-order valence-electron chi connectivity index (χ3n) is 2.11. The molecule has 0 aliphatic heterocycles. The van der Waals surface area contributed by atoms with Crippen LogP contribution >= 0.6 is 0 Å². The summed E-state index contributed by atoms with van der Waals surface area (Å²) in [7, 11) is 1.21. The maximum absolute atomic E-state index is 11.1. The summed E-state index contributed by atoms with van der Waals surface area (Å²) in [5, 5.41) is 18.5. The zero-order valence-corrected chi connectivity index (χ0v) is 8.80. The summed E-state index contributed by atoms with van der Waals surface area (Å²) in [6, 6.07) is 8.29. The number of aliphatic hydroxyl groups is 1. The number of carbonyl (C=O) groups excluding carboxylic acids is 1. The molecular formula is C12H11NO3. The summed E-state index contributed by atoms with van der Waals surface area (Å²) in [5.41, 5.74) is 0.793. The lowest BCUT2D eigenvalue weighted by atomic mass is 10.0. The maximum Gasteiger partial charge on any atom is 0.336 e. The lowest BCUT2D eigenvalue weighted by Crippen LogP contribution is -2.12. The zero-order valence-electron chi connectivity index (χ0n) is 8.80. The van der Waals surface area contributed by atoms with Crippen LogP contribution in [-0.2, 0) is 9.53 Å². The Bertz CT molecular complexity index is 460. The fraction of sp³-hybridized carbons (Fsp3) is 0.167. The monoisotopic (exact) mass is 217 g/mol. The van der Waals surface area contributed by atoms with E-state index in [9.17, 15) is 9.90 Å². The summed E-state index contributed by atoms with van der Waals surface area (Å²) in [6.45, 7) is 3.45. The van der Waals surface area contributed by atoms with Gasteiger partial charge in [0.15, 0.2) is 0 Å². The quantitative estimate of drug-likeness (QED) is 0.612. The molecule has 16 heavy (non-hydrogen) atoms. The first kappa shape index (κ1) is 12.0. The average molecular weight is 217 g/mol. The van der Waals surface area contributed by atoms with E-state index < -0.39 is 12.1 Å². The summed E-state index contributed by atoms with van der Waals surface area (Å²) < 4.78 is 4.45. The number of nitrogens with zero attached hydrogens (tertiary/aromatic N) is 1. The van der Waals surface area contributed by atoms with E-state index in [2.05, 4.69) is 11.3 Å². The molecule has 0 unspecified atom stereocenters. The van der Waals surface area contributed by atoms with Gasteiger partial charge in [0.2, 0.25) is 0 Å². The number of hydrogen-bond donors (Lipinski definition) is 1. The van der Waals surface area contributed by atoms with Gasteiger partial charge in [-0.1, -0.05) is 18.7 Å². The van der Waals surface area contributed by atoms with Gasteiger partial charge >= 0.3 is 5.97 Å². The van der Waals surface area contributed by atoms with Crippen LogP contribution in [0, 0.1) is 11.3 Å². The number of benzene rings is 1. The van der Waals surface area contributed by atoms with Crippen molar-refractivity contribution >= 4 is 5.97 Å². The molecule has 0 saturated carbocycles. The highest BCUT2D eigenvalue weighted by molar-refractivity contribution is 5.88. The Balaban J connectivity index is 2.97. The number of methoxy groups -OCH3 is 1. The number of nitriles is 1. The molecule has 4 nitrogen and oxygen atoms in total. The smallest absolute Gasteiger partial charge is 0.336 e. The van der Waals surface area contributed by atoms with Crippen LogP contribution in [0.1, 0.15) is 17.2 Å². The van der Waals surface area contributed by atoms with Crippen molar-refractivity contribution in [1.82, 2.24) is 0 Å². The molecule has 82 valence electrons. The Hall–Kier alpha value is -2.12. The fourth-order valence-corrected chi connectivity index (χ4v) is 1.22. The number of esters is 1. The van der Waals surface area contributed by atoms with Crippen molar-refractivity contribution in [1.29, 1.82) is 5.26 Å². The van der Waals surface area contributed by atoms with Crippen LogP contribution in [-0.4, -0.2) is 18.2 Å². The second-order valence-corrected chi connectivity index (χ2v) is 3.16. The lowest BCUT2D eigenvalue weighted by Gasteiger charge is -2.12.